The molecular formula is C11H16O5. The summed E-state index contributed by atoms with van der Waals surface area (Å²) in [6, 6.07) is 0. The third-order valence-corrected chi connectivity index (χ3v) is 2.20. The lowest BCUT2D eigenvalue weighted by Crippen LogP contribution is -2.49. The maximum atomic E-state index is 11.5. The van der Waals surface area contributed by atoms with Crippen molar-refractivity contribution in [2.75, 3.05) is 7.11 Å². The number of esters is 2. The molecule has 5 heteroatoms. The zero-order valence-electron chi connectivity index (χ0n) is 9.96. The minimum absolute atomic E-state index is 0.0219. The summed E-state index contributed by atoms with van der Waals surface area (Å²) in [6.45, 7) is 7.54. The number of Topliss-reactive ketones (excluding diaryl/α,β-unsaturated/α-hetero) is 1. The normalized spacial score (nSPS) is 13.5. The molecule has 0 fully saturated rings. The lowest BCUT2D eigenvalue weighted by molar-refractivity contribution is -0.182. The van der Waals surface area contributed by atoms with Crippen LogP contribution in [0.5, 0.6) is 0 Å². The first-order chi connectivity index (χ1) is 7.31. The highest BCUT2D eigenvalue weighted by Crippen LogP contribution is 2.21. The van der Waals surface area contributed by atoms with Gasteiger partial charge >= 0.3 is 11.9 Å². The molecule has 1 unspecified atom stereocenters. The van der Waals surface area contributed by atoms with Crippen molar-refractivity contribution < 1.29 is 23.9 Å². The van der Waals surface area contributed by atoms with Gasteiger partial charge in [-0.2, -0.15) is 0 Å². The molecule has 0 aromatic carbocycles. The highest BCUT2D eigenvalue weighted by Gasteiger charge is 2.47. The molecule has 1 atom stereocenters. The highest BCUT2D eigenvalue weighted by molar-refractivity contribution is 6.08. The van der Waals surface area contributed by atoms with Crippen molar-refractivity contribution in [1.29, 1.82) is 0 Å². The van der Waals surface area contributed by atoms with Crippen LogP contribution in [0.3, 0.4) is 0 Å². The summed E-state index contributed by atoms with van der Waals surface area (Å²) in [6.07, 6.45) is 0.0219. The molecule has 0 saturated carbocycles. The predicted octanol–water partition coefficient (Wildman–Crippen LogP) is 1.02. The van der Waals surface area contributed by atoms with Gasteiger partial charge in [-0.05, 0) is 13.8 Å². The number of rotatable bonds is 5. The van der Waals surface area contributed by atoms with E-state index in [-0.39, 0.29) is 12.0 Å². The van der Waals surface area contributed by atoms with E-state index < -0.39 is 23.3 Å². The second-order valence-corrected chi connectivity index (χ2v) is 3.40. The molecular weight excluding hydrogens is 212 g/mol. The van der Waals surface area contributed by atoms with Crippen molar-refractivity contribution in [3.05, 3.63) is 12.2 Å². The molecule has 0 aromatic rings. The van der Waals surface area contributed by atoms with Crippen molar-refractivity contribution >= 4 is 17.7 Å². The van der Waals surface area contributed by atoms with E-state index in [4.69, 9.17) is 4.74 Å². The van der Waals surface area contributed by atoms with Gasteiger partial charge in [0.1, 0.15) is 0 Å². The van der Waals surface area contributed by atoms with Crippen LogP contribution in [-0.2, 0) is 23.9 Å². The maximum Gasteiger partial charge on any atom is 0.358 e. The molecule has 0 aliphatic rings. The van der Waals surface area contributed by atoms with Gasteiger partial charge in [0.25, 0.3) is 5.60 Å². The molecule has 0 N–H and O–H groups in total. The second kappa shape index (κ2) is 5.44. The summed E-state index contributed by atoms with van der Waals surface area (Å²) in [7, 11) is 1.13. The fraction of sp³-hybridized carbons (Fsp3) is 0.545. The quantitative estimate of drug-likeness (QED) is 0.399. The zero-order valence-corrected chi connectivity index (χ0v) is 9.96. The van der Waals surface area contributed by atoms with E-state index in [0.29, 0.717) is 0 Å². The number of hydrogen-bond donors (Lipinski definition) is 0. The summed E-state index contributed by atoms with van der Waals surface area (Å²) >= 11 is 0. The van der Waals surface area contributed by atoms with E-state index in [1.165, 1.54) is 13.8 Å². The molecule has 0 amide bonds. The summed E-state index contributed by atoms with van der Waals surface area (Å²) in [5.74, 6) is -2.24. The number of ketones is 1. The van der Waals surface area contributed by atoms with Gasteiger partial charge in [0.05, 0.1) is 7.11 Å². The highest BCUT2D eigenvalue weighted by atomic mass is 16.6. The molecule has 0 heterocycles. The summed E-state index contributed by atoms with van der Waals surface area (Å²) < 4.78 is 9.38. The van der Waals surface area contributed by atoms with Crippen LogP contribution in [0.4, 0.5) is 0 Å². The van der Waals surface area contributed by atoms with Crippen molar-refractivity contribution in [3.8, 4) is 0 Å². The summed E-state index contributed by atoms with van der Waals surface area (Å²) in [5, 5.41) is 0. The van der Waals surface area contributed by atoms with Gasteiger partial charge in [-0.1, -0.05) is 13.5 Å². The standard InChI is InChI=1S/C11H16O5/c1-6-11(8(4)12,10(14)15-5)16-9(13)7(2)3/h2,6H2,1,3-5H3. The van der Waals surface area contributed by atoms with Crippen molar-refractivity contribution in [3.63, 3.8) is 0 Å². The summed E-state index contributed by atoms with van der Waals surface area (Å²) in [5.41, 5.74) is -1.74. The number of methoxy groups -OCH3 is 1. The van der Waals surface area contributed by atoms with Gasteiger partial charge in [0.2, 0.25) is 0 Å². The Morgan fingerprint density at radius 1 is 1.25 bits per heavy atom. The fourth-order valence-electron chi connectivity index (χ4n) is 1.13. The largest absolute Gasteiger partial charge is 0.466 e. The maximum absolute atomic E-state index is 11.5. The predicted molar refractivity (Wildman–Crippen MR) is 56.6 cm³/mol. The van der Waals surface area contributed by atoms with Crippen molar-refractivity contribution in [1.82, 2.24) is 0 Å². The molecule has 0 aliphatic carbocycles. The summed E-state index contributed by atoms with van der Waals surface area (Å²) in [4.78, 5) is 34.3. The third-order valence-electron chi connectivity index (χ3n) is 2.20. The van der Waals surface area contributed by atoms with Crippen molar-refractivity contribution in [2.24, 2.45) is 0 Å². The Balaban J connectivity index is 5.22. The monoisotopic (exact) mass is 228 g/mol. The Bertz CT molecular complexity index is 331. The minimum atomic E-state index is -1.86. The van der Waals surface area contributed by atoms with E-state index in [9.17, 15) is 14.4 Å². The molecule has 0 bridgehead atoms. The van der Waals surface area contributed by atoms with Crippen LogP contribution in [-0.4, -0.2) is 30.4 Å². The topological polar surface area (TPSA) is 69.7 Å². The number of carbonyl (C=O) groups excluding carboxylic acids is 3. The Labute approximate surface area is 94.4 Å². The van der Waals surface area contributed by atoms with Gasteiger partial charge in [-0.25, -0.2) is 9.59 Å². The minimum Gasteiger partial charge on any atom is -0.466 e. The second-order valence-electron chi connectivity index (χ2n) is 3.40. The van der Waals surface area contributed by atoms with Crippen LogP contribution < -0.4 is 0 Å². The van der Waals surface area contributed by atoms with Gasteiger partial charge in [-0.3, -0.25) is 4.79 Å². The molecule has 5 nitrogen and oxygen atoms in total. The van der Waals surface area contributed by atoms with Crippen LogP contribution in [0.25, 0.3) is 0 Å². The van der Waals surface area contributed by atoms with Crippen LogP contribution in [0, 0.1) is 0 Å². The molecule has 0 saturated heterocycles. The average Bonchev–Trinajstić information content (AvgIpc) is 2.23. The van der Waals surface area contributed by atoms with Gasteiger partial charge in [-0.15, -0.1) is 0 Å². The fourth-order valence-corrected chi connectivity index (χ4v) is 1.13. The van der Waals surface area contributed by atoms with E-state index in [1.807, 2.05) is 0 Å². The molecule has 0 radical (unpaired) electrons. The molecule has 0 aromatic heterocycles. The Hall–Kier alpha value is -1.65. The van der Waals surface area contributed by atoms with Crippen LogP contribution in [0.2, 0.25) is 0 Å². The lowest BCUT2D eigenvalue weighted by Gasteiger charge is -2.26. The molecule has 90 valence electrons. The third kappa shape index (κ3) is 2.68. The first-order valence-corrected chi connectivity index (χ1v) is 4.80. The molecule has 0 rings (SSSR count). The Kier molecular flexibility index (Phi) is 4.88. The number of hydrogen-bond acceptors (Lipinski definition) is 5. The van der Waals surface area contributed by atoms with Crippen LogP contribution in [0.15, 0.2) is 12.2 Å². The number of carbonyl (C=O) groups is 3. The van der Waals surface area contributed by atoms with E-state index in [0.717, 1.165) is 7.11 Å². The van der Waals surface area contributed by atoms with E-state index in [2.05, 4.69) is 11.3 Å². The van der Waals surface area contributed by atoms with Gasteiger partial charge in [0.15, 0.2) is 5.78 Å². The van der Waals surface area contributed by atoms with Gasteiger partial charge < -0.3 is 9.47 Å². The molecule has 0 spiro atoms. The smallest absolute Gasteiger partial charge is 0.358 e. The molecule has 16 heavy (non-hydrogen) atoms. The number of ether oxygens (including phenoxy) is 2. The lowest BCUT2D eigenvalue weighted by atomic mass is 9.96. The van der Waals surface area contributed by atoms with E-state index >= 15 is 0 Å². The Morgan fingerprint density at radius 3 is 2.00 bits per heavy atom. The van der Waals surface area contributed by atoms with Crippen LogP contribution >= 0.6 is 0 Å². The van der Waals surface area contributed by atoms with E-state index in [1.54, 1.807) is 6.92 Å². The first kappa shape index (κ1) is 14.3. The van der Waals surface area contributed by atoms with Gasteiger partial charge in [0, 0.05) is 12.0 Å². The Morgan fingerprint density at radius 2 is 1.75 bits per heavy atom. The van der Waals surface area contributed by atoms with Crippen LogP contribution in [0.1, 0.15) is 27.2 Å². The molecule has 0 aliphatic heterocycles. The first-order valence-electron chi connectivity index (χ1n) is 4.80. The SMILES string of the molecule is C=C(C)C(=O)OC(CC)(C(C)=O)C(=O)OC. The average molecular weight is 228 g/mol. The van der Waals surface area contributed by atoms with Crippen molar-refractivity contribution in [2.45, 2.75) is 32.8 Å². The zero-order chi connectivity index (χ0) is 12.9.